The van der Waals surface area contributed by atoms with Crippen LogP contribution in [0.2, 0.25) is 0 Å². The molecule has 0 aliphatic carbocycles. The van der Waals surface area contributed by atoms with E-state index in [0.717, 1.165) is 39.4 Å². The Bertz CT molecular complexity index is 882. The van der Waals surface area contributed by atoms with Crippen LogP contribution >= 0.6 is 11.3 Å². The molecule has 0 fully saturated rings. The molecule has 0 bridgehead atoms. The average molecular weight is 365 g/mol. The minimum absolute atomic E-state index is 0.431. The zero-order valence-electron chi connectivity index (χ0n) is 13.3. The molecule has 24 heavy (non-hydrogen) atoms. The molecule has 0 aliphatic rings. The lowest BCUT2D eigenvalue weighted by molar-refractivity contribution is 0.490. The fourth-order valence-corrected chi connectivity index (χ4v) is 3.69. The first-order valence-corrected chi connectivity index (χ1v) is 10.3. The van der Waals surface area contributed by atoms with Crippen molar-refractivity contribution in [3.8, 4) is 10.8 Å². The van der Waals surface area contributed by atoms with Crippen LogP contribution in [0.25, 0.3) is 21.0 Å². The van der Waals surface area contributed by atoms with Crippen molar-refractivity contribution in [3.63, 3.8) is 0 Å². The Morgan fingerprint density at radius 1 is 1.17 bits per heavy atom. The molecule has 0 unspecified atom stereocenters. The molecule has 2 aromatic heterocycles. The molecule has 3 rings (SSSR count). The molecule has 0 atom stereocenters. The van der Waals surface area contributed by atoms with Gasteiger partial charge in [-0.15, -0.1) is 11.3 Å². The van der Waals surface area contributed by atoms with Crippen LogP contribution in [0.4, 0.5) is 0 Å². The summed E-state index contributed by atoms with van der Waals surface area (Å²) in [5.41, 5.74) is 0.979. The topological polar surface area (TPSA) is 84.2 Å². The summed E-state index contributed by atoms with van der Waals surface area (Å²) in [7, 11) is -3.10. The second-order valence-corrected chi connectivity index (χ2v) is 8.31. The first-order valence-electron chi connectivity index (χ1n) is 7.61. The van der Waals surface area contributed by atoms with Crippen molar-refractivity contribution in [2.75, 3.05) is 19.3 Å². The van der Waals surface area contributed by atoms with Crippen LogP contribution in [0.3, 0.4) is 0 Å². The van der Waals surface area contributed by atoms with Crippen LogP contribution in [0, 0.1) is 0 Å². The van der Waals surface area contributed by atoms with Gasteiger partial charge in [-0.05, 0) is 37.2 Å². The van der Waals surface area contributed by atoms with Crippen molar-refractivity contribution in [1.82, 2.24) is 15.0 Å². The van der Waals surface area contributed by atoms with Gasteiger partial charge in [0.25, 0.3) is 0 Å². The summed E-state index contributed by atoms with van der Waals surface area (Å²) >= 11 is 1.61. The minimum Gasteiger partial charge on any atom is -0.457 e. The van der Waals surface area contributed by atoms with Gasteiger partial charge in [0.1, 0.15) is 5.76 Å². The number of rotatable bonds is 8. The van der Waals surface area contributed by atoms with Crippen molar-refractivity contribution in [2.45, 2.75) is 13.0 Å². The third-order valence-electron chi connectivity index (χ3n) is 3.36. The third kappa shape index (κ3) is 4.64. The van der Waals surface area contributed by atoms with Gasteiger partial charge >= 0.3 is 0 Å². The van der Waals surface area contributed by atoms with Crippen LogP contribution in [0.1, 0.15) is 12.2 Å². The zero-order valence-corrected chi connectivity index (χ0v) is 14.9. The lowest BCUT2D eigenvalue weighted by Crippen LogP contribution is -2.26. The lowest BCUT2D eigenvalue weighted by atomic mass is 10.3. The van der Waals surface area contributed by atoms with E-state index < -0.39 is 10.0 Å². The fraction of sp³-hybridized carbons (Fsp3) is 0.312. The number of sulfonamides is 1. The number of fused-ring (bicyclic) bond motifs is 1. The largest absolute Gasteiger partial charge is 0.457 e. The van der Waals surface area contributed by atoms with Gasteiger partial charge in [-0.1, -0.05) is 12.1 Å². The van der Waals surface area contributed by atoms with Crippen molar-refractivity contribution >= 4 is 31.6 Å². The highest BCUT2D eigenvalue weighted by atomic mass is 32.2. The summed E-state index contributed by atoms with van der Waals surface area (Å²) in [5, 5.41) is 4.11. The van der Waals surface area contributed by atoms with E-state index >= 15 is 0 Å². The molecule has 0 amide bonds. The predicted octanol–water partition coefficient (Wildman–Crippen LogP) is 2.59. The highest BCUT2D eigenvalue weighted by Gasteiger charge is 2.10. The third-order valence-corrected chi connectivity index (χ3v) is 5.14. The molecule has 0 saturated heterocycles. The van der Waals surface area contributed by atoms with E-state index in [1.807, 2.05) is 36.4 Å². The maximum atomic E-state index is 10.9. The summed E-state index contributed by atoms with van der Waals surface area (Å²) in [6.45, 7) is 1.74. The van der Waals surface area contributed by atoms with Crippen molar-refractivity contribution in [2.24, 2.45) is 0 Å². The van der Waals surface area contributed by atoms with Crippen LogP contribution in [-0.4, -0.2) is 32.7 Å². The summed E-state index contributed by atoms with van der Waals surface area (Å²) in [6.07, 6.45) is 1.88. The number of benzene rings is 1. The first kappa shape index (κ1) is 17.1. The summed E-state index contributed by atoms with van der Waals surface area (Å²) in [4.78, 5) is 4.58. The van der Waals surface area contributed by atoms with Crippen LogP contribution in [0.15, 0.2) is 40.8 Å². The fourth-order valence-electron chi connectivity index (χ4n) is 2.25. The lowest BCUT2D eigenvalue weighted by Gasteiger charge is -2.03. The number of thiazole rings is 1. The van der Waals surface area contributed by atoms with Crippen molar-refractivity contribution in [1.29, 1.82) is 0 Å². The van der Waals surface area contributed by atoms with E-state index in [9.17, 15) is 8.42 Å². The summed E-state index contributed by atoms with van der Waals surface area (Å²) in [6, 6.07) is 11.9. The van der Waals surface area contributed by atoms with Crippen molar-refractivity contribution < 1.29 is 12.8 Å². The minimum atomic E-state index is -3.10. The molecule has 6 nitrogen and oxygen atoms in total. The van der Waals surface area contributed by atoms with E-state index in [0.29, 0.717) is 19.6 Å². The Balaban J connectivity index is 1.50. The number of para-hydroxylation sites is 1. The number of hydrogen-bond donors (Lipinski definition) is 2. The Morgan fingerprint density at radius 2 is 2.00 bits per heavy atom. The molecular formula is C16H19N3O3S2. The normalized spacial score (nSPS) is 12.0. The Kier molecular flexibility index (Phi) is 5.30. The summed E-state index contributed by atoms with van der Waals surface area (Å²) < 4.78 is 31.3. The number of aromatic nitrogens is 1. The Morgan fingerprint density at radius 3 is 2.79 bits per heavy atom. The monoisotopic (exact) mass is 365 g/mol. The molecule has 0 saturated carbocycles. The van der Waals surface area contributed by atoms with Gasteiger partial charge in [-0.2, -0.15) is 0 Å². The SMILES string of the molecule is CS(=O)(=O)NCCCNCc1ccc(-c2nc3ccccc3s2)o1. The second kappa shape index (κ2) is 7.43. The zero-order chi connectivity index (χ0) is 17.0. The van der Waals surface area contributed by atoms with E-state index in [1.54, 1.807) is 11.3 Å². The number of nitrogens with zero attached hydrogens (tertiary/aromatic N) is 1. The maximum absolute atomic E-state index is 10.9. The van der Waals surface area contributed by atoms with Gasteiger partial charge in [0.2, 0.25) is 10.0 Å². The number of nitrogens with one attached hydrogen (secondary N) is 2. The average Bonchev–Trinajstić information content (AvgIpc) is 3.15. The highest BCUT2D eigenvalue weighted by Crippen LogP contribution is 2.30. The molecule has 3 aromatic rings. The van der Waals surface area contributed by atoms with Crippen molar-refractivity contribution in [3.05, 3.63) is 42.2 Å². The van der Waals surface area contributed by atoms with Crippen LogP contribution in [-0.2, 0) is 16.6 Å². The molecule has 0 spiro atoms. The Hall–Kier alpha value is -1.74. The van der Waals surface area contributed by atoms with Gasteiger partial charge in [0, 0.05) is 6.54 Å². The van der Waals surface area contributed by atoms with Gasteiger partial charge in [-0.3, -0.25) is 0 Å². The molecule has 1 aromatic carbocycles. The quantitative estimate of drug-likeness (QED) is 0.600. The van der Waals surface area contributed by atoms with Gasteiger partial charge < -0.3 is 9.73 Å². The first-order chi connectivity index (χ1) is 11.5. The van der Waals surface area contributed by atoms with Gasteiger partial charge in [-0.25, -0.2) is 18.1 Å². The molecule has 0 radical (unpaired) electrons. The van der Waals surface area contributed by atoms with E-state index in [-0.39, 0.29) is 0 Å². The smallest absolute Gasteiger partial charge is 0.208 e. The second-order valence-electron chi connectivity index (χ2n) is 5.45. The van der Waals surface area contributed by atoms with Crippen LogP contribution < -0.4 is 10.0 Å². The molecule has 0 aliphatic heterocycles. The maximum Gasteiger partial charge on any atom is 0.208 e. The summed E-state index contributed by atoms with van der Waals surface area (Å²) in [5.74, 6) is 1.60. The standard InChI is InChI=1S/C16H19N3O3S2/c1-24(20,21)18-10-4-9-17-11-12-7-8-14(22-12)16-19-13-5-2-3-6-15(13)23-16/h2-3,5-8,17-18H,4,9-11H2,1H3. The molecule has 2 heterocycles. The molecule has 128 valence electrons. The highest BCUT2D eigenvalue weighted by molar-refractivity contribution is 7.88. The van der Waals surface area contributed by atoms with Crippen LogP contribution in [0.5, 0.6) is 0 Å². The Labute approximate surface area is 145 Å². The predicted molar refractivity (Wildman–Crippen MR) is 96.5 cm³/mol. The van der Waals surface area contributed by atoms with E-state index in [4.69, 9.17) is 4.42 Å². The van der Waals surface area contributed by atoms with E-state index in [1.165, 1.54) is 0 Å². The number of furan rings is 1. The molecule has 8 heteroatoms. The molecule has 2 N–H and O–H groups in total. The van der Waals surface area contributed by atoms with Gasteiger partial charge in [0.05, 0.1) is 23.0 Å². The van der Waals surface area contributed by atoms with Gasteiger partial charge in [0.15, 0.2) is 10.8 Å². The number of hydrogen-bond acceptors (Lipinski definition) is 6. The van der Waals surface area contributed by atoms with E-state index in [2.05, 4.69) is 15.0 Å². The molecular weight excluding hydrogens is 346 g/mol.